The number of nitrogens with zero attached hydrogens (tertiary/aromatic N) is 1. The van der Waals surface area contributed by atoms with E-state index < -0.39 is 0 Å². The van der Waals surface area contributed by atoms with E-state index in [-0.39, 0.29) is 30.9 Å². The Hall–Kier alpha value is -3.13. The van der Waals surface area contributed by atoms with Gasteiger partial charge in [0.15, 0.2) is 11.5 Å². The molecule has 6 nitrogen and oxygen atoms in total. The second-order valence-electron chi connectivity index (χ2n) is 7.43. The number of para-hydroxylation sites is 1. The molecule has 180 valence electrons. The van der Waals surface area contributed by atoms with E-state index in [0.717, 1.165) is 17.3 Å². The van der Waals surface area contributed by atoms with Gasteiger partial charge in [-0.25, -0.2) is 0 Å². The standard InChI is InChI=1S/C26H21Cl2NO5S/c1-32-22-4-2-3-18(24(22)34-16-17-5-7-19(27)8-6-17)15-23-25(30)29(26(31)35-23)13-14-33-21-11-9-20(28)10-12-21/h2-12,15H,13-14,16H2,1H3/b23-15-. The van der Waals surface area contributed by atoms with Gasteiger partial charge >= 0.3 is 0 Å². The zero-order chi connectivity index (χ0) is 24.8. The molecule has 3 aromatic carbocycles. The Labute approximate surface area is 217 Å². The Morgan fingerprint density at radius 1 is 0.914 bits per heavy atom. The minimum absolute atomic E-state index is 0.128. The molecule has 0 bridgehead atoms. The van der Waals surface area contributed by atoms with Crippen LogP contribution in [0.4, 0.5) is 4.79 Å². The van der Waals surface area contributed by atoms with Gasteiger partial charge in [0.05, 0.1) is 18.6 Å². The predicted molar refractivity (Wildman–Crippen MR) is 138 cm³/mol. The Kier molecular flexibility index (Phi) is 8.23. The molecule has 0 atom stereocenters. The Morgan fingerprint density at radius 3 is 2.29 bits per heavy atom. The van der Waals surface area contributed by atoms with Crippen LogP contribution in [0.5, 0.6) is 17.2 Å². The number of ether oxygens (including phenoxy) is 3. The van der Waals surface area contributed by atoms with E-state index in [9.17, 15) is 9.59 Å². The average Bonchev–Trinajstić information content (AvgIpc) is 3.12. The third-order valence-corrected chi connectivity index (χ3v) is 6.49. The normalized spacial score (nSPS) is 14.5. The van der Waals surface area contributed by atoms with Crippen LogP contribution in [0.15, 0.2) is 71.6 Å². The zero-order valence-electron chi connectivity index (χ0n) is 18.7. The molecule has 0 spiro atoms. The second kappa shape index (κ2) is 11.5. The van der Waals surface area contributed by atoms with E-state index in [4.69, 9.17) is 37.4 Å². The molecule has 3 aromatic rings. The molecule has 0 aromatic heterocycles. The summed E-state index contributed by atoms with van der Waals surface area (Å²) in [7, 11) is 1.54. The first-order valence-electron chi connectivity index (χ1n) is 10.6. The van der Waals surface area contributed by atoms with E-state index in [2.05, 4.69) is 0 Å². The van der Waals surface area contributed by atoms with Gasteiger partial charge in [0.25, 0.3) is 11.1 Å². The molecule has 9 heteroatoms. The lowest BCUT2D eigenvalue weighted by atomic mass is 10.1. The van der Waals surface area contributed by atoms with Crippen molar-refractivity contribution in [2.75, 3.05) is 20.3 Å². The fraction of sp³-hybridized carbons (Fsp3) is 0.154. The maximum atomic E-state index is 12.9. The van der Waals surface area contributed by atoms with Crippen LogP contribution in [-0.4, -0.2) is 36.3 Å². The summed E-state index contributed by atoms with van der Waals surface area (Å²) < 4.78 is 17.1. The van der Waals surface area contributed by atoms with Crippen molar-refractivity contribution in [2.45, 2.75) is 6.61 Å². The number of benzene rings is 3. The lowest BCUT2D eigenvalue weighted by molar-refractivity contribution is -0.123. The van der Waals surface area contributed by atoms with Crippen molar-refractivity contribution in [3.05, 3.63) is 92.8 Å². The van der Waals surface area contributed by atoms with Crippen molar-refractivity contribution >= 4 is 52.2 Å². The molecule has 0 aliphatic carbocycles. The number of carbonyl (C=O) groups excluding carboxylic acids is 2. The van der Waals surface area contributed by atoms with Crippen LogP contribution in [0.25, 0.3) is 6.08 Å². The highest BCUT2D eigenvalue weighted by Crippen LogP contribution is 2.37. The first-order chi connectivity index (χ1) is 16.9. The number of methoxy groups -OCH3 is 1. The van der Waals surface area contributed by atoms with Crippen molar-refractivity contribution in [2.24, 2.45) is 0 Å². The number of amides is 2. The molecule has 1 fully saturated rings. The Bertz CT molecular complexity index is 1250. The largest absolute Gasteiger partial charge is 0.493 e. The van der Waals surface area contributed by atoms with Crippen LogP contribution in [0.2, 0.25) is 10.0 Å². The summed E-state index contributed by atoms with van der Waals surface area (Å²) in [5, 5.41) is 0.885. The molecule has 1 aliphatic rings. The van der Waals surface area contributed by atoms with Crippen LogP contribution >= 0.6 is 35.0 Å². The lowest BCUT2D eigenvalue weighted by Crippen LogP contribution is -2.32. The fourth-order valence-electron chi connectivity index (χ4n) is 3.32. The quantitative estimate of drug-likeness (QED) is 0.287. The van der Waals surface area contributed by atoms with E-state index in [1.165, 1.54) is 4.90 Å². The first kappa shape index (κ1) is 25.0. The van der Waals surface area contributed by atoms with Crippen molar-refractivity contribution in [1.29, 1.82) is 0 Å². The summed E-state index contributed by atoms with van der Waals surface area (Å²) in [6.07, 6.45) is 1.64. The number of rotatable bonds is 9. The maximum Gasteiger partial charge on any atom is 0.293 e. The van der Waals surface area contributed by atoms with Gasteiger partial charge in [0.1, 0.15) is 19.0 Å². The van der Waals surface area contributed by atoms with Crippen molar-refractivity contribution < 1.29 is 23.8 Å². The molecule has 0 radical (unpaired) electrons. The van der Waals surface area contributed by atoms with Gasteiger partial charge < -0.3 is 14.2 Å². The van der Waals surface area contributed by atoms with E-state index in [0.29, 0.717) is 37.8 Å². The highest BCUT2D eigenvalue weighted by atomic mass is 35.5. The average molecular weight is 530 g/mol. The number of hydrogen-bond donors (Lipinski definition) is 0. The minimum Gasteiger partial charge on any atom is -0.493 e. The van der Waals surface area contributed by atoms with E-state index >= 15 is 0 Å². The molecular weight excluding hydrogens is 509 g/mol. The summed E-state index contributed by atoms with van der Waals surface area (Å²) in [5.74, 6) is 1.22. The summed E-state index contributed by atoms with van der Waals surface area (Å²) in [6.45, 7) is 0.576. The number of carbonyl (C=O) groups is 2. The van der Waals surface area contributed by atoms with Gasteiger partial charge in [0, 0.05) is 15.6 Å². The third-order valence-electron chi connectivity index (χ3n) is 5.08. The predicted octanol–water partition coefficient (Wildman–Crippen LogP) is 6.70. The van der Waals surface area contributed by atoms with Gasteiger partial charge in [0.2, 0.25) is 0 Å². The van der Waals surface area contributed by atoms with Crippen LogP contribution in [0.3, 0.4) is 0 Å². The topological polar surface area (TPSA) is 65.1 Å². The van der Waals surface area contributed by atoms with Gasteiger partial charge in [-0.15, -0.1) is 0 Å². The summed E-state index contributed by atoms with van der Waals surface area (Å²) in [6, 6.07) is 19.6. The Balaban J connectivity index is 1.47. The smallest absolute Gasteiger partial charge is 0.293 e. The van der Waals surface area contributed by atoms with Crippen LogP contribution in [0.1, 0.15) is 11.1 Å². The van der Waals surface area contributed by atoms with Crippen molar-refractivity contribution in [1.82, 2.24) is 4.90 Å². The highest BCUT2D eigenvalue weighted by Gasteiger charge is 2.35. The van der Waals surface area contributed by atoms with Crippen molar-refractivity contribution in [3.63, 3.8) is 0 Å². The zero-order valence-corrected chi connectivity index (χ0v) is 21.0. The number of hydrogen-bond acceptors (Lipinski definition) is 6. The molecule has 0 saturated carbocycles. The molecule has 2 amide bonds. The Morgan fingerprint density at radius 2 is 1.60 bits per heavy atom. The summed E-state index contributed by atoms with van der Waals surface area (Å²) in [5.41, 5.74) is 1.55. The van der Waals surface area contributed by atoms with Crippen LogP contribution < -0.4 is 14.2 Å². The molecule has 1 heterocycles. The summed E-state index contributed by atoms with van der Waals surface area (Å²) in [4.78, 5) is 26.9. The number of thioether (sulfide) groups is 1. The van der Waals surface area contributed by atoms with Crippen LogP contribution in [0, 0.1) is 0 Å². The van der Waals surface area contributed by atoms with Gasteiger partial charge in [-0.2, -0.15) is 0 Å². The third kappa shape index (κ3) is 6.31. The molecule has 1 aliphatic heterocycles. The second-order valence-corrected chi connectivity index (χ2v) is 9.30. The van der Waals surface area contributed by atoms with Crippen LogP contribution in [-0.2, 0) is 11.4 Å². The SMILES string of the molecule is COc1cccc(/C=C2\SC(=O)N(CCOc3ccc(Cl)cc3)C2=O)c1OCc1ccc(Cl)cc1. The van der Waals surface area contributed by atoms with E-state index in [1.807, 2.05) is 12.1 Å². The van der Waals surface area contributed by atoms with Gasteiger partial charge in [-0.1, -0.05) is 47.5 Å². The molecule has 0 unspecified atom stereocenters. The fourth-order valence-corrected chi connectivity index (χ4v) is 4.43. The lowest BCUT2D eigenvalue weighted by Gasteiger charge is -2.14. The van der Waals surface area contributed by atoms with Gasteiger partial charge in [-0.3, -0.25) is 14.5 Å². The first-order valence-corrected chi connectivity index (χ1v) is 12.2. The summed E-state index contributed by atoms with van der Waals surface area (Å²) >= 11 is 12.7. The maximum absolute atomic E-state index is 12.9. The monoisotopic (exact) mass is 529 g/mol. The molecule has 1 saturated heterocycles. The molecule has 4 rings (SSSR count). The minimum atomic E-state index is -0.383. The molecule has 35 heavy (non-hydrogen) atoms. The van der Waals surface area contributed by atoms with Gasteiger partial charge in [-0.05, 0) is 65.9 Å². The highest BCUT2D eigenvalue weighted by molar-refractivity contribution is 8.18. The van der Waals surface area contributed by atoms with E-state index in [1.54, 1.807) is 67.8 Å². The molecule has 0 N–H and O–H groups in total. The van der Waals surface area contributed by atoms with Crippen molar-refractivity contribution in [3.8, 4) is 17.2 Å². The molecular formula is C26H21Cl2NO5S. The number of halogens is 2. The number of imide groups is 1.